The van der Waals surface area contributed by atoms with Gasteiger partial charge >= 0.3 is 0 Å². The smallest absolute Gasteiger partial charge is 0.294 e. The highest BCUT2D eigenvalue weighted by Gasteiger charge is 2.17. The number of nitrogens with zero attached hydrogens (tertiary/aromatic N) is 4. The van der Waals surface area contributed by atoms with E-state index in [4.69, 9.17) is 0 Å². The molecule has 0 aliphatic rings. The van der Waals surface area contributed by atoms with E-state index in [9.17, 15) is 40.5 Å². The summed E-state index contributed by atoms with van der Waals surface area (Å²) >= 11 is 1.51. The van der Waals surface area contributed by atoms with Crippen LogP contribution in [0.5, 0.6) is 0 Å². The largest absolute Gasteiger partial charge is 0.312 e. The Balaban J connectivity index is 1.78. The van der Waals surface area contributed by atoms with E-state index in [1.165, 1.54) is 54.9 Å². The predicted octanol–water partition coefficient (Wildman–Crippen LogP) is 4.89. The van der Waals surface area contributed by atoms with E-state index in [1.54, 1.807) is 0 Å². The lowest BCUT2D eigenvalue weighted by molar-refractivity contribution is -0.788. The lowest BCUT2D eigenvalue weighted by Gasteiger charge is -2.13. The van der Waals surface area contributed by atoms with Crippen LogP contribution in [-0.2, 0) is 19.4 Å². The van der Waals surface area contributed by atoms with Crippen molar-refractivity contribution in [3.8, 4) is 0 Å². The molecule has 0 radical (unpaired) electrons. The van der Waals surface area contributed by atoms with Gasteiger partial charge in [-0.25, -0.2) is 0 Å². The Morgan fingerprint density at radius 3 is 1.21 bits per heavy atom. The second kappa shape index (κ2) is 17.6. The molecule has 21 heteroatoms. The molecule has 0 amide bonds. The van der Waals surface area contributed by atoms with Crippen molar-refractivity contribution in [1.82, 2.24) is 0 Å². The first-order valence-electron chi connectivity index (χ1n) is 10.2. The van der Waals surface area contributed by atoms with E-state index in [0.717, 1.165) is 19.6 Å². The van der Waals surface area contributed by atoms with Gasteiger partial charge in [-0.2, -0.15) is 0 Å². The minimum atomic E-state index is -1.09. The molecule has 39 heavy (non-hydrogen) atoms. The Kier molecular flexibility index (Phi) is 14.5. The predicted molar refractivity (Wildman–Crippen MR) is 143 cm³/mol. The standard InChI is InChI=1S/C18H18N4O12S5/c23-19(24)31-9-13(33-21(27)28)11-35-38-17-5-1-15(2-6-17)37-16-3-7-18(8-4-16)39-36-12-14(34-22(29)30)10-32-20(25)26/h1-8,13-14H,9-12H2. The molecule has 0 aliphatic carbocycles. The fourth-order valence-corrected chi connectivity index (χ4v) is 7.51. The Hall–Kier alpha value is -3.01. The van der Waals surface area contributed by atoms with Crippen LogP contribution in [-0.4, -0.2) is 57.3 Å². The van der Waals surface area contributed by atoms with Gasteiger partial charge in [-0.1, -0.05) is 54.9 Å². The van der Waals surface area contributed by atoms with Crippen LogP contribution in [0.3, 0.4) is 0 Å². The van der Waals surface area contributed by atoms with Crippen LogP contribution in [0.15, 0.2) is 68.1 Å². The van der Waals surface area contributed by atoms with E-state index in [-0.39, 0.29) is 11.5 Å². The zero-order chi connectivity index (χ0) is 28.6. The van der Waals surface area contributed by atoms with Crippen LogP contribution in [0.25, 0.3) is 0 Å². The van der Waals surface area contributed by atoms with E-state index in [2.05, 4.69) is 19.4 Å². The van der Waals surface area contributed by atoms with Gasteiger partial charge in [-0.3, -0.25) is 0 Å². The molecule has 0 fully saturated rings. The van der Waals surface area contributed by atoms with Gasteiger partial charge in [0.05, 0.1) is 0 Å². The molecule has 0 heterocycles. The van der Waals surface area contributed by atoms with E-state index in [1.807, 2.05) is 48.5 Å². The van der Waals surface area contributed by atoms with Crippen LogP contribution in [0.4, 0.5) is 0 Å². The summed E-state index contributed by atoms with van der Waals surface area (Å²) in [5.41, 5.74) is 0. The maximum absolute atomic E-state index is 10.5. The second-order valence-corrected chi connectivity index (χ2v) is 12.7. The molecule has 0 aromatic heterocycles. The summed E-state index contributed by atoms with van der Waals surface area (Å²) in [6.07, 6.45) is -2.17. The molecule has 16 nitrogen and oxygen atoms in total. The molecule has 0 saturated carbocycles. The molecule has 2 atom stereocenters. The van der Waals surface area contributed by atoms with Crippen LogP contribution >= 0.6 is 54.9 Å². The summed E-state index contributed by atoms with van der Waals surface area (Å²) < 4.78 is 0. The van der Waals surface area contributed by atoms with Crippen molar-refractivity contribution in [2.75, 3.05) is 24.7 Å². The number of hydrogen-bond acceptors (Lipinski definition) is 17. The molecule has 212 valence electrons. The second-order valence-electron chi connectivity index (χ2n) is 6.72. The highest BCUT2D eigenvalue weighted by atomic mass is 33.1. The first-order valence-corrected chi connectivity index (χ1v) is 15.7. The fraction of sp³-hybridized carbons (Fsp3) is 0.333. The first kappa shape index (κ1) is 32.2. The Labute approximate surface area is 239 Å². The third-order valence-corrected chi connectivity index (χ3v) is 9.78. The van der Waals surface area contributed by atoms with Crippen molar-refractivity contribution in [2.24, 2.45) is 0 Å². The third-order valence-electron chi connectivity index (χ3n) is 3.90. The van der Waals surface area contributed by atoms with Gasteiger partial charge in [0, 0.05) is 31.1 Å². The van der Waals surface area contributed by atoms with Crippen LogP contribution < -0.4 is 0 Å². The fourth-order valence-electron chi connectivity index (χ4n) is 2.37. The van der Waals surface area contributed by atoms with Gasteiger partial charge in [0.2, 0.25) is 0 Å². The maximum atomic E-state index is 10.5. The summed E-state index contributed by atoms with van der Waals surface area (Å²) in [5, 5.41) is 37.5. The molecule has 2 aromatic rings. The van der Waals surface area contributed by atoms with Crippen LogP contribution in [0, 0.1) is 40.5 Å². The van der Waals surface area contributed by atoms with Crippen molar-refractivity contribution < 1.29 is 39.7 Å². The third kappa shape index (κ3) is 14.6. The monoisotopic (exact) mass is 642 g/mol. The Morgan fingerprint density at radius 2 is 0.897 bits per heavy atom. The number of hydrogen-bond donors (Lipinski definition) is 0. The van der Waals surface area contributed by atoms with Gasteiger partial charge in [0.1, 0.15) is 25.4 Å². The molecule has 0 bridgehead atoms. The minimum Gasteiger partial charge on any atom is -0.312 e. The van der Waals surface area contributed by atoms with E-state index >= 15 is 0 Å². The number of rotatable bonds is 20. The summed E-state index contributed by atoms with van der Waals surface area (Å²) in [6, 6.07) is 15.1. The average Bonchev–Trinajstić information content (AvgIpc) is 2.87. The van der Waals surface area contributed by atoms with E-state index in [0.29, 0.717) is 0 Å². The topological polar surface area (TPSA) is 209 Å². The highest BCUT2D eigenvalue weighted by molar-refractivity contribution is 8.77. The molecule has 0 aliphatic heterocycles. The van der Waals surface area contributed by atoms with Gasteiger partial charge in [0.25, 0.3) is 20.3 Å². The zero-order valence-corrected chi connectivity index (χ0v) is 23.4. The van der Waals surface area contributed by atoms with Crippen LogP contribution in [0.2, 0.25) is 0 Å². The molecule has 0 N–H and O–H groups in total. The molecular formula is C18H18N4O12S5. The Morgan fingerprint density at radius 1 is 0.564 bits per heavy atom. The Bertz CT molecular complexity index is 1010. The van der Waals surface area contributed by atoms with Crippen molar-refractivity contribution in [2.45, 2.75) is 31.8 Å². The van der Waals surface area contributed by atoms with Crippen molar-refractivity contribution in [1.29, 1.82) is 0 Å². The summed E-state index contributed by atoms with van der Waals surface area (Å²) in [7, 11) is 5.12. The summed E-state index contributed by atoms with van der Waals surface area (Å²) in [4.78, 5) is 62.4. The zero-order valence-electron chi connectivity index (χ0n) is 19.3. The number of benzene rings is 2. The normalized spacial score (nSPS) is 12.1. The molecule has 2 rings (SSSR count). The SMILES string of the molecule is O=[N+]([O-])OCC(CSSc1ccc(Sc2ccc(SSCC(CO[N+](=O)[O-])O[N+](=O)[O-])cc2)cc1)O[N+](=O)[O-]. The molecule has 0 spiro atoms. The maximum Gasteiger partial charge on any atom is 0.294 e. The average molecular weight is 643 g/mol. The molecule has 2 unspecified atom stereocenters. The van der Waals surface area contributed by atoms with Crippen molar-refractivity contribution in [3.05, 3.63) is 89.0 Å². The first-order chi connectivity index (χ1) is 18.6. The quantitative estimate of drug-likeness (QED) is 0.107. The molecule has 0 saturated heterocycles. The molecular weight excluding hydrogens is 625 g/mol. The van der Waals surface area contributed by atoms with Gasteiger partial charge < -0.3 is 19.4 Å². The highest BCUT2D eigenvalue weighted by Crippen LogP contribution is 2.36. The van der Waals surface area contributed by atoms with Gasteiger partial charge in [-0.15, -0.1) is 40.5 Å². The van der Waals surface area contributed by atoms with E-state index < -0.39 is 45.8 Å². The van der Waals surface area contributed by atoms with Crippen molar-refractivity contribution >= 4 is 54.9 Å². The summed E-state index contributed by atoms with van der Waals surface area (Å²) in [6.45, 7) is -1.11. The minimum absolute atomic E-state index is 0.0920. The summed E-state index contributed by atoms with van der Waals surface area (Å²) in [5.74, 6) is 0.184. The van der Waals surface area contributed by atoms with Crippen LogP contribution in [0.1, 0.15) is 0 Å². The van der Waals surface area contributed by atoms with Gasteiger partial charge in [0.15, 0.2) is 0 Å². The molecule has 2 aromatic carbocycles. The lowest BCUT2D eigenvalue weighted by Crippen LogP contribution is -2.26. The lowest BCUT2D eigenvalue weighted by atomic mass is 10.4. The van der Waals surface area contributed by atoms with Crippen molar-refractivity contribution in [3.63, 3.8) is 0 Å². The van der Waals surface area contributed by atoms with Gasteiger partial charge in [-0.05, 0) is 48.5 Å².